The van der Waals surface area contributed by atoms with Crippen molar-refractivity contribution in [3.8, 4) is 0 Å². The highest BCUT2D eigenvalue weighted by Gasteiger charge is 2.25. The van der Waals surface area contributed by atoms with Gasteiger partial charge in [0.25, 0.3) is 11.8 Å². The van der Waals surface area contributed by atoms with Crippen molar-refractivity contribution < 1.29 is 29.0 Å². The molecule has 9 nitrogen and oxygen atoms in total. The molecule has 1 aliphatic heterocycles. The Labute approximate surface area is 206 Å². The van der Waals surface area contributed by atoms with Gasteiger partial charge in [-0.3, -0.25) is 19.2 Å². The SMILES string of the molecule is Cc1cc(NC(=O)C[C@H](CC(C)C(=O)O)NC(=O)c2ccc(Cl)s2)ccc1N1CCOCC1=O. The molecule has 11 heteroatoms. The van der Waals surface area contributed by atoms with Gasteiger partial charge >= 0.3 is 5.97 Å². The molecule has 0 bridgehead atoms. The highest BCUT2D eigenvalue weighted by molar-refractivity contribution is 7.18. The summed E-state index contributed by atoms with van der Waals surface area (Å²) in [6, 6.07) is 7.70. The lowest BCUT2D eigenvalue weighted by atomic mass is 9.99. The van der Waals surface area contributed by atoms with Crippen LogP contribution in [-0.4, -0.2) is 54.6 Å². The molecule has 2 atom stereocenters. The molecule has 1 saturated heterocycles. The predicted octanol–water partition coefficient (Wildman–Crippen LogP) is 3.31. The van der Waals surface area contributed by atoms with E-state index in [4.69, 9.17) is 16.3 Å². The fourth-order valence-electron chi connectivity index (χ4n) is 3.66. The summed E-state index contributed by atoms with van der Waals surface area (Å²) in [4.78, 5) is 50.7. The van der Waals surface area contributed by atoms with Crippen LogP contribution in [0.5, 0.6) is 0 Å². The van der Waals surface area contributed by atoms with Gasteiger partial charge in [-0.05, 0) is 49.2 Å². The summed E-state index contributed by atoms with van der Waals surface area (Å²) in [5.74, 6) is -2.67. The number of aryl methyl sites for hydroxylation is 1. The molecular formula is C23H26ClN3O6S. The number of carboxylic acids is 1. The summed E-state index contributed by atoms with van der Waals surface area (Å²) in [6.07, 6.45) is -0.0179. The second-order valence-electron chi connectivity index (χ2n) is 8.10. The Morgan fingerprint density at radius 2 is 2.03 bits per heavy atom. The molecule has 1 aromatic carbocycles. The van der Waals surface area contributed by atoms with Gasteiger partial charge in [0.2, 0.25) is 5.91 Å². The molecule has 3 amide bonds. The Balaban J connectivity index is 1.67. The van der Waals surface area contributed by atoms with Gasteiger partial charge in [-0.2, -0.15) is 0 Å². The van der Waals surface area contributed by atoms with E-state index in [0.29, 0.717) is 28.1 Å². The van der Waals surface area contributed by atoms with Crippen LogP contribution < -0.4 is 15.5 Å². The highest BCUT2D eigenvalue weighted by atomic mass is 35.5. The summed E-state index contributed by atoms with van der Waals surface area (Å²) in [6.45, 7) is 4.33. The third-order valence-electron chi connectivity index (χ3n) is 5.38. The van der Waals surface area contributed by atoms with Crippen LogP contribution in [-0.2, 0) is 19.1 Å². The lowest BCUT2D eigenvalue weighted by molar-refractivity contribution is -0.141. The summed E-state index contributed by atoms with van der Waals surface area (Å²) < 4.78 is 5.62. The number of carbonyl (C=O) groups is 4. The van der Waals surface area contributed by atoms with Gasteiger partial charge in [0, 0.05) is 30.4 Å². The molecule has 0 saturated carbocycles. The van der Waals surface area contributed by atoms with E-state index in [-0.39, 0.29) is 31.3 Å². The first kappa shape index (κ1) is 25.7. The first-order chi connectivity index (χ1) is 16.1. The Bertz CT molecular complexity index is 1090. The van der Waals surface area contributed by atoms with E-state index >= 15 is 0 Å². The minimum atomic E-state index is -1.01. The second kappa shape index (κ2) is 11.5. The van der Waals surface area contributed by atoms with Crippen molar-refractivity contribution in [3.05, 3.63) is 45.1 Å². The Morgan fingerprint density at radius 1 is 1.26 bits per heavy atom. The monoisotopic (exact) mass is 507 g/mol. The molecule has 0 aliphatic carbocycles. The number of carbonyl (C=O) groups excluding carboxylic acids is 3. The van der Waals surface area contributed by atoms with Crippen molar-refractivity contribution in [2.75, 3.05) is 30.0 Å². The normalized spacial score (nSPS) is 15.5. The number of amides is 3. The van der Waals surface area contributed by atoms with Crippen LogP contribution in [0.25, 0.3) is 0 Å². The van der Waals surface area contributed by atoms with Crippen LogP contribution in [0.2, 0.25) is 4.34 Å². The highest BCUT2D eigenvalue weighted by Crippen LogP contribution is 2.25. The smallest absolute Gasteiger partial charge is 0.306 e. The number of nitrogens with one attached hydrogen (secondary N) is 2. The van der Waals surface area contributed by atoms with Crippen molar-refractivity contribution in [1.29, 1.82) is 0 Å². The molecular weight excluding hydrogens is 482 g/mol. The van der Waals surface area contributed by atoms with E-state index in [0.717, 1.165) is 22.6 Å². The number of nitrogens with zero attached hydrogens (tertiary/aromatic N) is 1. The largest absolute Gasteiger partial charge is 0.481 e. The summed E-state index contributed by atoms with van der Waals surface area (Å²) in [5.41, 5.74) is 2.10. The maximum absolute atomic E-state index is 12.7. The average Bonchev–Trinajstić information content (AvgIpc) is 3.21. The second-order valence-corrected chi connectivity index (χ2v) is 9.82. The molecule has 2 heterocycles. The molecule has 182 valence electrons. The maximum Gasteiger partial charge on any atom is 0.306 e. The van der Waals surface area contributed by atoms with Crippen molar-refractivity contribution in [2.45, 2.75) is 32.7 Å². The molecule has 1 fully saturated rings. The number of aliphatic carboxylic acids is 1. The number of anilines is 2. The van der Waals surface area contributed by atoms with Crippen molar-refractivity contribution >= 4 is 58.0 Å². The van der Waals surface area contributed by atoms with E-state index in [1.807, 2.05) is 6.92 Å². The number of rotatable bonds is 9. The fourth-order valence-corrected chi connectivity index (χ4v) is 4.60. The predicted molar refractivity (Wildman–Crippen MR) is 130 cm³/mol. The minimum absolute atomic E-state index is 0.0392. The van der Waals surface area contributed by atoms with Crippen molar-refractivity contribution in [2.24, 2.45) is 5.92 Å². The van der Waals surface area contributed by atoms with Crippen molar-refractivity contribution in [3.63, 3.8) is 0 Å². The summed E-state index contributed by atoms with van der Waals surface area (Å²) >= 11 is 6.99. The van der Waals surface area contributed by atoms with E-state index in [9.17, 15) is 24.3 Å². The lowest BCUT2D eigenvalue weighted by Crippen LogP contribution is -2.42. The third kappa shape index (κ3) is 6.78. The number of thiophene rings is 1. The van der Waals surface area contributed by atoms with Crippen LogP contribution in [0.15, 0.2) is 30.3 Å². The Kier molecular flexibility index (Phi) is 8.65. The van der Waals surface area contributed by atoms with Gasteiger partial charge in [-0.15, -0.1) is 11.3 Å². The molecule has 1 aromatic heterocycles. The van der Waals surface area contributed by atoms with Crippen molar-refractivity contribution in [1.82, 2.24) is 5.32 Å². The van der Waals surface area contributed by atoms with Crippen LogP contribution in [0.3, 0.4) is 0 Å². The van der Waals surface area contributed by atoms with E-state index < -0.39 is 23.8 Å². The quantitative estimate of drug-likeness (QED) is 0.478. The van der Waals surface area contributed by atoms with Gasteiger partial charge < -0.3 is 25.4 Å². The molecule has 3 rings (SSSR count). The summed E-state index contributed by atoms with van der Waals surface area (Å²) in [5, 5.41) is 14.8. The number of hydrogen-bond acceptors (Lipinski definition) is 6. The molecule has 3 N–H and O–H groups in total. The Morgan fingerprint density at radius 3 is 2.65 bits per heavy atom. The zero-order chi connectivity index (χ0) is 24.8. The molecule has 2 aromatic rings. The van der Waals surface area contributed by atoms with Gasteiger partial charge in [-0.1, -0.05) is 18.5 Å². The summed E-state index contributed by atoms with van der Waals surface area (Å²) in [7, 11) is 0. The number of halogens is 1. The van der Waals surface area contributed by atoms with Crippen LogP contribution in [0.4, 0.5) is 11.4 Å². The zero-order valence-electron chi connectivity index (χ0n) is 18.8. The van der Waals surface area contributed by atoms with Crippen LogP contribution >= 0.6 is 22.9 Å². The van der Waals surface area contributed by atoms with Crippen LogP contribution in [0, 0.1) is 12.8 Å². The first-order valence-electron chi connectivity index (χ1n) is 10.7. The number of morpholine rings is 1. The maximum atomic E-state index is 12.7. The molecule has 1 aliphatic rings. The molecule has 34 heavy (non-hydrogen) atoms. The lowest BCUT2D eigenvalue weighted by Gasteiger charge is -2.28. The van der Waals surface area contributed by atoms with Gasteiger partial charge in [0.15, 0.2) is 0 Å². The molecule has 0 spiro atoms. The number of benzene rings is 1. The van der Waals surface area contributed by atoms with Gasteiger partial charge in [0.1, 0.15) is 6.61 Å². The number of hydrogen-bond donors (Lipinski definition) is 3. The topological polar surface area (TPSA) is 125 Å². The number of carboxylic acid groups (broad SMARTS) is 1. The first-order valence-corrected chi connectivity index (χ1v) is 11.9. The minimum Gasteiger partial charge on any atom is -0.481 e. The van der Waals surface area contributed by atoms with E-state index in [1.54, 1.807) is 35.2 Å². The van der Waals surface area contributed by atoms with Crippen LogP contribution in [0.1, 0.15) is 35.0 Å². The van der Waals surface area contributed by atoms with E-state index in [2.05, 4.69) is 10.6 Å². The molecule has 1 unspecified atom stereocenters. The van der Waals surface area contributed by atoms with E-state index in [1.165, 1.54) is 6.92 Å². The average molecular weight is 508 g/mol. The standard InChI is InChI=1S/C23H26ClN3O6S/c1-13-9-15(3-4-17(13)27-7-8-33-12-21(27)29)25-20(28)11-16(10-14(2)23(31)32)26-22(30)18-5-6-19(24)34-18/h3-6,9,14,16H,7-8,10-12H2,1-2H3,(H,25,28)(H,26,30)(H,31,32)/t14?,16-/m0/s1. The molecule has 0 radical (unpaired) electrons. The van der Waals surface area contributed by atoms with Gasteiger partial charge in [-0.25, -0.2) is 0 Å². The number of ether oxygens (including phenoxy) is 1. The third-order valence-corrected chi connectivity index (χ3v) is 6.61. The van der Waals surface area contributed by atoms with Gasteiger partial charge in [0.05, 0.1) is 21.7 Å². The Hall–Kier alpha value is -2.95. The fraction of sp³-hybridized carbons (Fsp3) is 0.391. The zero-order valence-corrected chi connectivity index (χ0v) is 20.4.